The van der Waals surface area contributed by atoms with Crippen LogP contribution in [0.15, 0.2) is 36.7 Å². The highest BCUT2D eigenvalue weighted by atomic mass is 14.8. The fourth-order valence-corrected chi connectivity index (χ4v) is 3.51. The van der Waals surface area contributed by atoms with Gasteiger partial charge in [0.15, 0.2) is 0 Å². The minimum absolute atomic E-state index is 0.172. The number of H-pyrrole nitrogens is 2. The first-order chi connectivity index (χ1) is 8.34. The Morgan fingerprint density at radius 3 is 2.18 bits per heavy atom. The Labute approximate surface area is 102 Å². The van der Waals surface area contributed by atoms with Gasteiger partial charge in [-0.3, -0.25) is 0 Å². The van der Waals surface area contributed by atoms with Crippen molar-refractivity contribution in [1.82, 2.24) is 9.97 Å². The lowest BCUT2D eigenvalue weighted by Crippen LogP contribution is -2.38. The van der Waals surface area contributed by atoms with Crippen LogP contribution in [-0.2, 0) is 5.41 Å². The molecule has 0 aromatic carbocycles. The average molecular weight is 228 g/mol. The lowest BCUT2D eigenvalue weighted by Gasteiger charge is -2.42. The fraction of sp³-hybridized carbons (Fsp3) is 0.467. The molecule has 0 spiro atoms. The maximum absolute atomic E-state index is 3.45. The number of hydrogen-bond donors (Lipinski definition) is 2. The largest absolute Gasteiger partial charge is 0.364 e. The molecule has 2 heterocycles. The molecule has 2 N–H and O–H groups in total. The van der Waals surface area contributed by atoms with E-state index in [9.17, 15) is 0 Å². The summed E-state index contributed by atoms with van der Waals surface area (Å²) in [5.41, 5.74) is 2.91. The van der Waals surface area contributed by atoms with E-state index >= 15 is 0 Å². The SMILES string of the molecule is CC1CCCCC1(c1ccc[nH]1)c1ccc[nH]1. The van der Waals surface area contributed by atoms with Crippen LogP contribution in [0.3, 0.4) is 0 Å². The molecule has 0 aliphatic heterocycles. The molecule has 0 radical (unpaired) electrons. The molecular weight excluding hydrogens is 208 g/mol. The Morgan fingerprint density at radius 1 is 1.06 bits per heavy atom. The third-order valence-electron chi connectivity index (χ3n) is 4.46. The molecular formula is C15H20N2. The first kappa shape index (κ1) is 10.7. The normalized spacial score (nSPS) is 23.7. The second kappa shape index (κ2) is 4.10. The lowest BCUT2D eigenvalue weighted by atomic mass is 9.63. The first-order valence-electron chi connectivity index (χ1n) is 6.62. The van der Waals surface area contributed by atoms with Gasteiger partial charge in [-0.05, 0) is 43.0 Å². The third-order valence-corrected chi connectivity index (χ3v) is 4.46. The zero-order valence-corrected chi connectivity index (χ0v) is 10.4. The topological polar surface area (TPSA) is 31.6 Å². The van der Waals surface area contributed by atoms with E-state index in [4.69, 9.17) is 0 Å². The Bertz CT molecular complexity index is 419. The van der Waals surface area contributed by atoms with Crippen LogP contribution in [0, 0.1) is 5.92 Å². The van der Waals surface area contributed by atoms with Crippen molar-refractivity contribution in [3.05, 3.63) is 48.0 Å². The van der Waals surface area contributed by atoms with Crippen molar-refractivity contribution in [1.29, 1.82) is 0 Å². The van der Waals surface area contributed by atoms with E-state index in [-0.39, 0.29) is 5.41 Å². The summed E-state index contributed by atoms with van der Waals surface area (Å²) >= 11 is 0. The summed E-state index contributed by atoms with van der Waals surface area (Å²) in [6.07, 6.45) is 9.34. The van der Waals surface area contributed by atoms with Crippen molar-refractivity contribution < 1.29 is 0 Å². The molecule has 0 saturated heterocycles. The molecule has 2 nitrogen and oxygen atoms in total. The lowest BCUT2D eigenvalue weighted by molar-refractivity contribution is 0.234. The highest BCUT2D eigenvalue weighted by Crippen LogP contribution is 2.47. The summed E-state index contributed by atoms with van der Waals surface area (Å²) in [6, 6.07) is 8.70. The molecule has 3 rings (SSSR count). The maximum Gasteiger partial charge on any atom is 0.0528 e. The molecule has 1 aliphatic rings. The number of aromatic nitrogens is 2. The van der Waals surface area contributed by atoms with Gasteiger partial charge in [-0.1, -0.05) is 19.8 Å². The van der Waals surface area contributed by atoms with Crippen molar-refractivity contribution in [2.75, 3.05) is 0 Å². The molecule has 0 bridgehead atoms. The van der Waals surface area contributed by atoms with E-state index in [0.29, 0.717) is 5.92 Å². The summed E-state index contributed by atoms with van der Waals surface area (Å²) in [5, 5.41) is 0. The van der Waals surface area contributed by atoms with E-state index in [0.717, 1.165) is 0 Å². The predicted octanol–water partition coefficient (Wildman–Crippen LogP) is 3.84. The van der Waals surface area contributed by atoms with Gasteiger partial charge in [0.25, 0.3) is 0 Å². The second-order valence-electron chi connectivity index (χ2n) is 5.29. The molecule has 2 aromatic rings. The van der Waals surface area contributed by atoms with E-state index in [1.54, 1.807) is 0 Å². The Balaban J connectivity index is 2.13. The van der Waals surface area contributed by atoms with Gasteiger partial charge in [0.05, 0.1) is 5.41 Å². The molecule has 90 valence electrons. The average Bonchev–Trinajstić information content (AvgIpc) is 3.03. The monoisotopic (exact) mass is 228 g/mol. The van der Waals surface area contributed by atoms with Gasteiger partial charge in [0.2, 0.25) is 0 Å². The molecule has 1 saturated carbocycles. The summed E-state index contributed by atoms with van der Waals surface area (Å²) in [6.45, 7) is 2.39. The van der Waals surface area contributed by atoms with Crippen LogP contribution in [0.4, 0.5) is 0 Å². The Morgan fingerprint density at radius 2 is 1.71 bits per heavy atom. The zero-order valence-electron chi connectivity index (χ0n) is 10.4. The Hall–Kier alpha value is -1.44. The number of nitrogens with one attached hydrogen (secondary N) is 2. The summed E-state index contributed by atoms with van der Waals surface area (Å²) in [7, 11) is 0. The molecule has 1 fully saturated rings. The van der Waals surface area contributed by atoms with Gasteiger partial charge in [-0.15, -0.1) is 0 Å². The second-order valence-corrected chi connectivity index (χ2v) is 5.29. The minimum atomic E-state index is 0.172. The fourth-order valence-electron chi connectivity index (χ4n) is 3.51. The molecule has 2 heteroatoms. The van der Waals surface area contributed by atoms with Gasteiger partial charge >= 0.3 is 0 Å². The van der Waals surface area contributed by atoms with E-state index in [1.807, 2.05) is 12.4 Å². The Kier molecular flexibility index (Phi) is 2.58. The van der Waals surface area contributed by atoms with Crippen molar-refractivity contribution >= 4 is 0 Å². The quantitative estimate of drug-likeness (QED) is 0.782. The minimum Gasteiger partial charge on any atom is -0.364 e. The molecule has 17 heavy (non-hydrogen) atoms. The van der Waals surface area contributed by atoms with Gasteiger partial charge in [-0.2, -0.15) is 0 Å². The first-order valence-corrected chi connectivity index (χ1v) is 6.62. The van der Waals surface area contributed by atoms with Crippen LogP contribution >= 0.6 is 0 Å². The molecule has 2 aromatic heterocycles. The van der Waals surface area contributed by atoms with Crippen molar-refractivity contribution in [3.8, 4) is 0 Å². The highest BCUT2D eigenvalue weighted by Gasteiger charge is 2.42. The van der Waals surface area contributed by atoms with Crippen molar-refractivity contribution in [2.24, 2.45) is 5.92 Å². The number of aromatic amines is 2. The zero-order chi connectivity index (χ0) is 11.7. The molecule has 0 amide bonds. The predicted molar refractivity (Wildman–Crippen MR) is 70.0 cm³/mol. The van der Waals surface area contributed by atoms with Crippen molar-refractivity contribution in [3.63, 3.8) is 0 Å². The standard InChI is InChI=1S/C15H20N2/c1-12-6-2-3-9-15(12,13-7-4-10-16-13)14-8-5-11-17-14/h4-5,7-8,10-12,16-17H,2-3,6,9H2,1H3. The van der Waals surface area contributed by atoms with Crippen LogP contribution in [0.1, 0.15) is 44.0 Å². The van der Waals surface area contributed by atoms with Crippen LogP contribution in [0.5, 0.6) is 0 Å². The number of rotatable bonds is 2. The maximum atomic E-state index is 3.45. The third kappa shape index (κ3) is 1.54. The number of hydrogen-bond acceptors (Lipinski definition) is 0. The van der Waals surface area contributed by atoms with E-state index < -0.39 is 0 Å². The molecule has 1 aliphatic carbocycles. The van der Waals surface area contributed by atoms with Crippen LogP contribution in [0.25, 0.3) is 0 Å². The van der Waals surface area contributed by atoms with Crippen molar-refractivity contribution in [2.45, 2.75) is 38.0 Å². The molecule has 1 atom stereocenters. The van der Waals surface area contributed by atoms with Crippen LogP contribution < -0.4 is 0 Å². The summed E-state index contributed by atoms with van der Waals surface area (Å²) < 4.78 is 0. The van der Waals surface area contributed by atoms with E-state index in [1.165, 1.54) is 37.1 Å². The smallest absolute Gasteiger partial charge is 0.0528 e. The van der Waals surface area contributed by atoms with Gasteiger partial charge in [0, 0.05) is 23.8 Å². The van der Waals surface area contributed by atoms with Gasteiger partial charge in [-0.25, -0.2) is 0 Å². The van der Waals surface area contributed by atoms with Crippen LogP contribution in [-0.4, -0.2) is 9.97 Å². The van der Waals surface area contributed by atoms with Crippen LogP contribution in [0.2, 0.25) is 0 Å². The van der Waals surface area contributed by atoms with Gasteiger partial charge in [0.1, 0.15) is 0 Å². The van der Waals surface area contributed by atoms with Gasteiger partial charge < -0.3 is 9.97 Å². The van der Waals surface area contributed by atoms with E-state index in [2.05, 4.69) is 41.2 Å². The highest BCUT2D eigenvalue weighted by molar-refractivity contribution is 5.33. The molecule has 1 unspecified atom stereocenters. The summed E-state index contributed by atoms with van der Waals surface area (Å²) in [5.74, 6) is 0.688. The summed E-state index contributed by atoms with van der Waals surface area (Å²) in [4.78, 5) is 6.89.